The molecular formula is C15H19IN4O. The molecular weight excluding hydrogens is 379 g/mol. The molecule has 1 aromatic rings. The molecule has 1 unspecified atom stereocenters. The first-order valence-electron chi connectivity index (χ1n) is 6.54. The summed E-state index contributed by atoms with van der Waals surface area (Å²) in [5.41, 5.74) is 1.98. The van der Waals surface area contributed by atoms with Crippen LogP contribution in [0.25, 0.3) is 0 Å². The van der Waals surface area contributed by atoms with Crippen molar-refractivity contribution in [3.63, 3.8) is 0 Å². The van der Waals surface area contributed by atoms with Gasteiger partial charge in [-0.2, -0.15) is 0 Å². The first kappa shape index (κ1) is 17.3. The van der Waals surface area contributed by atoms with Gasteiger partial charge in [0.05, 0.1) is 12.5 Å². The van der Waals surface area contributed by atoms with Crippen molar-refractivity contribution in [2.75, 3.05) is 25.5 Å². The van der Waals surface area contributed by atoms with Gasteiger partial charge in [-0.3, -0.25) is 9.79 Å². The van der Waals surface area contributed by atoms with E-state index in [9.17, 15) is 4.79 Å². The third kappa shape index (κ3) is 4.36. The average molecular weight is 398 g/mol. The Labute approximate surface area is 142 Å². The minimum Gasteiger partial charge on any atom is -0.356 e. The Hall–Kier alpha value is -1.75. The third-order valence-electron chi connectivity index (χ3n) is 3.22. The summed E-state index contributed by atoms with van der Waals surface area (Å²) in [7, 11) is 1.68. The molecule has 3 N–H and O–H groups in total. The molecule has 112 valence electrons. The number of hydrogen-bond acceptors (Lipinski definition) is 2. The smallest absolute Gasteiger partial charge is 0.232 e. The Bertz CT molecular complexity index is 565. The number of rotatable bonds is 4. The number of benzene rings is 1. The van der Waals surface area contributed by atoms with Crippen LogP contribution < -0.4 is 16.0 Å². The number of anilines is 1. The van der Waals surface area contributed by atoms with Gasteiger partial charge in [-0.25, -0.2) is 0 Å². The lowest BCUT2D eigenvalue weighted by atomic mass is 9.97. The number of nitrogens with zero attached hydrogens (tertiary/aromatic N) is 1. The van der Waals surface area contributed by atoms with E-state index in [0.717, 1.165) is 11.3 Å². The van der Waals surface area contributed by atoms with Crippen LogP contribution in [0.2, 0.25) is 0 Å². The van der Waals surface area contributed by atoms with E-state index < -0.39 is 0 Å². The molecule has 1 aliphatic heterocycles. The number of amides is 1. The number of fused-ring (bicyclic) bond motifs is 1. The van der Waals surface area contributed by atoms with Gasteiger partial charge in [-0.05, 0) is 18.1 Å². The summed E-state index contributed by atoms with van der Waals surface area (Å²) in [6.07, 6.45) is 5.89. The van der Waals surface area contributed by atoms with Crippen molar-refractivity contribution in [1.29, 1.82) is 0 Å². The van der Waals surface area contributed by atoms with Crippen LogP contribution in [0.1, 0.15) is 17.9 Å². The maximum Gasteiger partial charge on any atom is 0.232 e. The quantitative estimate of drug-likeness (QED) is 0.312. The Balaban J connectivity index is 0.00000220. The maximum atomic E-state index is 11.9. The van der Waals surface area contributed by atoms with Crippen molar-refractivity contribution in [3.05, 3.63) is 29.8 Å². The van der Waals surface area contributed by atoms with E-state index in [0.29, 0.717) is 25.5 Å². The van der Waals surface area contributed by atoms with Crippen molar-refractivity contribution < 1.29 is 4.79 Å². The Kier molecular flexibility index (Phi) is 7.02. The lowest BCUT2D eigenvalue weighted by Gasteiger charge is -2.12. The summed E-state index contributed by atoms with van der Waals surface area (Å²) in [4.78, 5) is 16.0. The van der Waals surface area contributed by atoms with Gasteiger partial charge in [0.2, 0.25) is 5.91 Å². The molecule has 5 nitrogen and oxygen atoms in total. The normalized spacial score (nSPS) is 16.3. The second kappa shape index (κ2) is 8.52. The molecule has 1 aliphatic rings. The zero-order valence-electron chi connectivity index (χ0n) is 11.8. The number of carbonyl (C=O) groups is 1. The largest absolute Gasteiger partial charge is 0.356 e. The number of hydrogen-bond donors (Lipinski definition) is 3. The first-order chi connectivity index (χ1) is 9.76. The van der Waals surface area contributed by atoms with Gasteiger partial charge in [0.1, 0.15) is 0 Å². The van der Waals surface area contributed by atoms with Crippen LogP contribution in [0.5, 0.6) is 0 Å². The van der Waals surface area contributed by atoms with Crippen LogP contribution >= 0.6 is 24.0 Å². The number of aliphatic imine (C=N–C) groups is 1. The van der Waals surface area contributed by atoms with Gasteiger partial charge in [0.25, 0.3) is 0 Å². The van der Waals surface area contributed by atoms with Crippen LogP contribution in [-0.2, 0) is 4.79 Å². The summed E-state index contributed by atoms with van der Waals surface area (Å²) in [5, 5.41) is 9.02. The molecule has 1 atom stereocenters. The van der Waals surface area contributed by atoms with E-state index in [4.69, 9.17) is 6.42 Å². The van der Waals surface area contributed by atoms with Crippen LogP contribution in [0.15, 0.2) is 29.3 Å². The topological polar surface area (TPSA) is 65.5 Å². The van der Waals surface area contributed by atoms with Crippen molar-refractivity contribution in [3.8, 4) is 12.3 Å². The highest BCUT2D eigenvalue weighted by molar-refractivity contribution is 14.0. The second-order valence-electron chi connectivity index (χ2n) is 4.47. The van der Waals surface area contributed by atoms with Gasteiger partial charge in [-0.1, -0.05) is 24.1 Å². The number of halogens is 1. The standard InChI is InChI=1S/C15H18N4O.HI/c1-3-9-17-15(16-2)18-10-8-12-11-6-4-5-7-13(11)19-14(12)20;/h1,4-7,12H,8-10H2,2H3,(H,19,20)(H2,16,17,18);1H. The highest BCUT2D eigenvalue weighted by atomic mass is 127. The highest BCUT2D eigenvalue weighted by Crippen LogP contribution is 2.33. The molecule has 1 amide bonds. The molecule has 0 spiro atoms. The Morgan fingerprint density at radius 2 is 2.19 bits per heavy atom. The molecule has 2 rings (SSSR count). The molecule has 21 heavy (non-hydrogen) atoms. The van der Waals surface area contributed by atoms with Crippen LogP contribution in [-0.4, -0.2) is 32.0 Å². The molecule has 0 saturated carbocycles. The summed E-state index contributed by atoms with van der Waals surface area (Å²) >= 11 is 0. The molecule has 0 radical (unpaired) electrons. The summed E-state index contributed by atoms with van der Waals surface area (Å²) < 4.78 is 0. The van der Waals surface area contributed by atoms with Crippen molar-refractivity contribution in [2.45, 2.75) is 12.3 Å². The lowest BCUT2D eigenvalue weighted by molar-refractivity contribution is -0.117. The minimum absolute atomic E-state index is 0. The minimum atomic E-state index is -0.107. The summed E-state index contributed by atoms with van der Waals surface area (Å²) in [6.45, 7) is 1.07. The van der Waals surface area contributed by atoms with Gasteiger partial charge >= 0.3 is 0 Å². The van der Waals surface area contributed by atoms with Crippen molar-refractivity contribution in [2.24, 2.45) is 4.99 Å². The zero-order chi connectivity index (χ0) is 14.4. The fourth-order valence-corrected chi connectivity index (χ4v) is 2.25. The van der Waals surface area contributed by atoms with Crippen molar-refractivity contribution >= 4 is 41.5 Å². The molecule has 1 aromatic carbocycles. The van der Waals surface area contributed by atoms with E-state index in [-0.39, 0.29) is 35.8 Å². The number of nitrogens with one attached hydrogen (secondary N) is 3. The monoisotopic (exact) mass is 398 g/mol. The zero-order valence-corrected chi connectivity index (χ0v) is 14.2. The van der Waals surface area contributed by atoms with E-state index in [1.54, 1.807) is 7.05 Å². The molecule has 0 aliphatic carbocycles. The van der Waals surface area contributed by atoms with Crippen LogP contribution in [0.4, 0.5) is 5.69 Å². The van der Waals surface area contributed by atoms with E-state index in [2.05, 4.69) is 26.9 Å². The molecule has 0 aromatic heterocycles. The Morgan fingerprint density at radius 1 is 1.43 bits per heavy atom. The van der Waals surface area contributed by atoms with Gasteiger partial charge in [0.15, 0.2) is 5.96 Å². The fraction of sp³-hybridized carbons (Fsp3) is 0.333. The fourth-order valence-electron chi connectivity index (χ4n) is 2.25. The number of para-hydroxylation sites is 1. The number of guanidine groups is 1. The maximum absolute atomic E-state index is 11.9. The lowest BCUT2D eigenvalue weighted by Crippen LogP contribution is -2.38. The summed E-state index contributed by atoms with van der Waals surface area (Å²) in [6, 6.07) is 7.79. The predicted octanol–water partition coefficient (Wildman–Crippen LogP) is 1.53. The molecule has 0 bridgehead atoms. The molecule has 0 saturated heterocycles. The average Bonchev–Trinajstić information content (AvgIpc) is 2.78. The number of terminal acetylenes is 1. The highest BCUT2D eigenvalue weighted by Gasteiger charge is 2.29. The van der Waals surface area contributed by atoms with Gasteiger partial charge < -0.3 is 16.0 Å². The second-order valence-corrected chi connectivity index (χ2v) is 4.47. The van der Waals surface area contributed by atoms with E-state index >= 15 is 0 Å². The van der Waals surface area contributed by atoms with E-state index in [1.807, 2.05) is 24.3 Å². The molecule has 1 heterocycles. The molecule has 6 heteroatoms. The Morgan fingerprint density at radius 3 is 2.90 bits per heavy atom. The van der Waals surface area contributed by atoms with Gasteiger partial charge in [-0.15, -0.1) is 30.4 Å². The predicted molar refractivity (Wildman–Crippen MR) is 96.0 cm³/mol. The van der Waals surface area contributed by atoms with E-state index in [1.165, 1.54) is 0 Å². The number of carbonyl (C=O) groups excluding carboxylic acids is 1. The third-order valence-corrected chi connectivity index (χ3v) is 3.22. The SMILES string of the molecule is C#CCNC(=NC)NCCC1C(=O)Nc2ccccc21.I. The van der Waals surface area contributed by atoms with Crippen molar-refractivity contribution in [1.82, 2.24) is 10.6 Å². The summed E-state index contributed by atoms with van der Waals surface area (Å²) in [5.74, 6) is 3.08. The van der Waals surface area contributed by atoms with Crippen LogP contribution in [0.3, 0.4) is 0 Å². The molecule has 0 fully saturated rings. The van der Waals surface area contributed by atoms with Crippen LogP contribution in [0, 0.1) is 12.3 Å². The van der Waals surface area contributed by atoms with Gasteiger partial charge in [0, 0.05) is 19.3 Å². The first-order valence-corrected chi connectivity index (χ1v) is 6.54.